The van der Waals surface area contributed by atoms with Crippen LogP contribution in [0.4, 0.5) is 51.4 Å². The zero-order valence-electron chi connectivity index (χ0n) is 49.8. The van der Waals surface area contributed by atoms with Crippen molar-refractivity contribution < 1.29 is 0 Å². The Kier molecular flexibility index (Phi) is 12.2. The maximum Gasteiger partial charge on any atom is 0.266 e. The van der Waals surface area contributed by atoms with Crippen molar-refractivity contribution in [3.63, 3.8) is 0 Å². The molecule has 3 aliphatic rings. The number of hydrogen-bond donors (Lipinski definition) is 0. The van der Waals surface area contributed by atoms with Crippen LogP contribution in [0.3, 0.4) is 0 Å². The van der Waals surface area contributed by atoms with E-state index in [0.29, 0.717) is 0 Å². The largest absolute Gasteiger partial charge is 0.311 e. The fourth-order valence-corrected chi connectivity index (χ4v) is 14.1. The van der Waals surface area contributed by atoms with Gasteiger partial charge in [-0.3, -0.25) is 9.80 Å². The van der Waals surface area contributed by atoms with Crippen LogP contribution < -0.4 is 30.4 Å². The number of pyridine rings is 1. The van der Waals surface area contributed by atoms with E-state index in [-0.39, 0.29) is 39.2 Å². The Morgan fingerprint density at radius 3 is 1.62 bits per heavy atom. The Labute approximate surface area is 476 Å². The molecule has 0 N–H and O–H groups in total. The Bertz CT molecular complexity index is 3800. The summed E-state index contributed by atoms with van der Waals surface area (Å²) >= 11 is 1.98. The van der Waals surface area contributed by atoms with E-state index in [1.807, 2.05) is 11.3 Å². The van der Waals surface area contributed by atoms with E-state index in [0.717, 1.165) is 52.9 Å². The number of benzene rings is 7. The van der Waals surface area contributed by atoms with E-state index < -0.39 is 0 Å². The second-order valence-corrected chi connectivity index (χ2v) is 29.5. The number of para-hydroxylation sites is 2. The highest BCUT2D eigenvalue weighted by atomic mass is 32.1. The molecule has 0 fully saturated rings. The SMILES string of the molecule is CC(C)(C)c1ccc(-c2cc(C(C)(C)C)ccc2N2c3ccc(C(C)(C)C)cc3B3c4sc5cc(C(C)(C)C)ccc5c4N(c4ccc5c(c4)C(C)(C)CCC5(C)C)c4nc(N(c5ccccc5)c5ccccc5)cc2c43)cc1. The maximum absolute atomic E-state index is 6.20. The minimum atomic E-state index is -0.111. The van der Waals surface area contributed by atoms with E-state index in [4.69, 9.17) is 4.98 Å². The minimum absolute atomic E-state index is 0.00768. The van der Waals surface area contributed by atoms with Gasteiger partial charge in [-0.1, -0.05) is 208 Å². The molecule has 0 unspecified atom stereocenters. The Morgan fingerprint density at radius 1 is 0.494 bits per heavy atom. The van der Waals surface area contributed by atoms with Gasteiger partial charge in [-0.25, -0.2) is 4.98 Å². The van der Waals surface area contributed by atoms with Crippen LogP contribution in [0.1, 0.15) is 157 Å². The number of anilines is 9. The lowest BCUT2D eigenvalue weighted by Crippen LogP contribution is -2.61. The molecule has 0 spiro atoms. The molecular formula is C73H79BN4S. The highest BCUT2D eigenvalue weighted by molar-refractivity contribution is 7.33. The fourth-order valence-electron chi connectivity index (χ4n) is 12.7. The molecule has 0 amide bonds. The smallest absolute Gasteiger partial charge is 0.266 e. The molecule has 0 saturated heterocycles. The number of fused-ring (bicyclic) bond motifs is 7. The molecule has 2 aliphatic heterocycles. The molecule has 4 nitrogen and oxygen atoms in total. The predicted molar refractivity (Wildman–Crippen MR) is 344 cm³/mol. The molecule has 0 radical (unpaired) electrons. The molecular weight excluding hydrogens is 976 g/mol. The van der Waals surface area contributed by atoms with Crippen LogP contribution in [0, 0.1) is 0 Å². The molecule has 0 atom stereocenters. The van der Waals surface area contributed by atoms with Gasteiger partial charge in [-0.2, -0.15) is 0 Å². The second-order valence-electron chi connectivity index (χ2n) is 28.5. The van der Waals surface area contributed by atoms with Gasteiger partial charge in [0.05, 0.1) is 11.4 Å². The predicted octanol–water partition coefficient (Wildman–Crippen LogP) is 19.1. The van der Waals surface area contributed by atoms with Crippen molar-refractivity contribution in [2.24, 2.45) is 0 Å². The van der Waals surface area contributed by atoms with Gasteiger partial charge in [0.2, 0.25) is 0 Å². The average Bonchev–Trinajstić information content (AvgIpc) is 4.06. The maximum atomic E-state index is 6.20. The number of hydrogen-bond acceptors (Lipinski definition) is 5. The van der Waals surface area contributed by atoms with Crippen LogP contribution in [0.15, 0.2) is 164 Å². The molecule has 0 bridgehead atoms. The quantitative estimate of drug-likeness (QED) is 0.155. The monoisotopic (exact) mass is 1050 g/mol. The lowest BCUT2D eigenvalue weighted by molar-refractivity contribution is 0.332. The number of nitrogens with zero attached hydrogens (tertiary/aromatic N) is 4. The Balaban J connectivity index is 1.25. The van der Waals surface area contributed by atoms with Crippen molar-refractivity contribution in [3.05, 3.63) is 197 Å². The van der Waals surface area contributed by atoms with Crippen LogP contribution in [0.5, 0.6) is 0 Å². The van der Waals surface area contributed by atoms with Gasteiger partial charge in [0, 0.05) is 54.9 Å². The summed E-state index contributed by atoms with van der Waals surface area (Å²) in [6.45, 7) is 37.7. The minimum Gasteiger partial charge on any atom is -0.311 e. The summed E-state index contributed by atoms with van der Waals surface area (Å²) in [5.41, 5.74) is 20.9. The summed E-state index contributed by atoms with van der Waals surface area (Å²) < 4.78 is 2.67. The Morgan fingerprint density at radius 2 is 1.03 bits per heavy atom. The van der Waals surface area contributed by atoms with Gasteiger partial charge in [0.25, 0.3) is 6.71 Å². The molecule has 7 aromatic carbocycles. The van der Waals surface area contributed by atoms with E-state index in [9.17, 15) is 0 Å². The summed E-state index contributed by atoms with van der Waals surface area (Å²) in [4.78, 5) is 13.8. The van der Waals surface area contributed by atoms with Crippen LogP contribution in [0.25, 0.3) is 21.2 Å². The summed E-state index contributed by atoms with van der Waals surface area (Å²) in [5, 5.41) is 1.27. The molecule has 0 saturated carbocycles. The normalized spacial score (nSPS) is 15.6. The second kappa shape index (κ2) is 18.3. The van der Waals surface area contributed by atoms with Gasteiger partial charge in [0.15, 0.2) is 0 Å². The van der Waals surface area contributed by atoms with Crippen molar-refractivity contribution in [2.45, 2.75) is 156 Å². The highest BCUT2D eigenvalue weighted by Gasteiger charge is 2.48. The van der Waals surface area contributed by atoms with E-state index in [1.54, 1.807) is 0 Å². The van der Waals surface area contributed by atoms with Gasteiger partial charge >= 0.3 is 0 Å². The standard InChI is InChI=1S/C73H79BN4S/c1-68(2,3)47-29-27-46(28-30-47)55-41-48(69(4,5)6)32-37-59(55)78-60-38-33-49(70(7,8)9)42-58(60)74-64-61(78)45-63(76(51-23-19-17-20-24-51)52-25-21-18-22-26-52)75-67(64)77(53-34-36-56-57(44-53)73(15,16)40-39-72(56,13)14)65-54-35-31-50(71(10,11)12)43-62(54)79-66(65)74/h17-38,41-45H,39-40H2,1-16H3. The lowest BCUT2D eigenvalue weighted by atomic mass is 9.36. The average molecular weight is 1060 g/mol. The Hall–Kier alpha value is -6.89. The van der Waals surface area contributed by atoms with Crippen molar-refractivity contribution in [1.29, 1.82) is 0 Å². The molecule has 79 heavy (non-hydrogen) atoms. The lowest BCUT2D eigenvalue weighted by Gasteiger charge is -2.45. The van der Waals surface area contributed by atoms with Crippen molar-refractivity contribution in [2.75, 3.05) is 14.7 Å². The van der Waals surface area contributed by atoms with Crippen molar-refractivity contribution in [1.82, 2.24) is 4.98 Å². The van der Waals surface area contributed by atoms with Crippen LogP contribution in [0.2, 0.25) is 0 Å². The molecule has 2 aromatic heterocycles. The zero-order valence-corrected chi connectivity index (χ0v) is 50.6. The van der Waals surface area contributed by atoms with Gasteiger partial charge < -0.3 is 4.90 Å². The molecule has 9 aromatic rings. The third-order valence-corrected chi connectivity index (χ3v) is 19.0. The summed E-state index contributed by atoms with van der Waals surface area (Å²) in [7, 11) is 0. The topological polar surface area (TPSA) is 22.6 Å². The molecule has 400 valence electrons. The van der Waals surface area contributed by atoms with Crippen LogP contribution in [-0.2, 0) is 32.5 Å². The van der Waals surface area contributed by atoms with Crippen LogP contribution >= 0.6 is 11.3 Å². The van der Waals surface area contributed by atoms with Crippen molar-refractivity contribution in [3.8, 4) is 11.1 Å². The first kappa shape index (κ1) is 52.8. The zero-order chi connectivity index (χ0) is 55.9. The molecule has 12 rings (SSSR count). The van der Waals surface area contributed by atoms with Crippen LogP contribution in [-0.4, -0.2) is 11.7 Å². The van der Waals surface area contributed by atoms with Gasteiger partial charge in [0.1, 0.15) is 11.6 Å². The third-order valence-electron chi connectivity index (χ3n) is 17.7. The number of aromatic nitrogens is 1. The highest BCUT2D eigenvalue weighted by Crippen LogP contribution is 2.54. The van der Waals surface area contributed by atoms with Gasteiger partial charge in [-0.15, -0.1) is 11.3 Å². The third kappa shape index (κ3) is 9.02. The van der Waals surface area contributed by atoms with E-state index in [1.165, 1.54) is 81.7 Å². The summed E-state index contributed by atoms with van der Waals surface area (Å²) in [6, 6.07) is 62.9. The first-order valence-electron chi connectivity index (χ1n) is 28.9. The van der Waals surface area contributed by atoms with Gasteiger partial charge in [-0.05, 0) is 156 Å². The summed E-state index contributed by atoms with van der Waals surface area (Å²) in [5.74, 6) is 1.82. The first-order valence-corrected chi connectivity index (χ1v) is 29.7. The molecule has 4 heterocycles. The molecule has 1 aliphatic carbocycles. The van der Waals surface area contributed by atoms with Crippen molar-refractivity contribution >= 4 is 95.3 Å². The number of rotatable bonds is 6. The number of thiophene rings is 1. The fraction of sp³-hybridized carbons (Fsp3) is 0.329. The van der Waals surface area contributed by atoms with E-state index >= 15 is 0 Å². The first-order chi connectivity index (χ1) is 37.2. The molecule has 6 heteroatoms. The summed E-state index contributed by atoms with van der Waals surface area (Å²) in [6.07, 6.45) is 2.29. The van der Waals surface area contributed by atoms with E-state index in [2.05, 4.69) is 289 Å².